The summed E-state index contributed by atoms with van der Waals surface area (Å²) in [6.07, 6.45) is 1.70. The highest BCUT2D eigenvalue weighted by molar-refractivity contribution is 5.75. The number of oxazole rings is 1. The molecular weight excluding hydrogens is 270 g/mol. The standard InChI is InChI=1S/C14H19N5O2/c1-10(2)16-13(20)18-6-8-19(9-7-18)14-17-12-11(21-14)4-3-5-15-12/h3-5,10H,6-9H2,1-2H3,(H,16,20). The molecular formula is C14H19N5O2. The lowest BCUT2D eigenvalue weighted by Gasteiger charge is -2.34. The first-order chi connectivity index (χ1) is 10.1. The first-order valence-electron chi connectivity index (χ1n) is 7.15. The number of nitrogens with zero attached hydrogens (tertiary/aromatic N) is 4. The number of piperazine rings is 1. The predicted molar refractivity (Wildman–Crippen MR) is 79.3 cm³/mol. The number of hydrogen-bond donors (Lipinski definition) is 1. The van der Waals surface area contributed by atoms with E-state index in [1.54, 1.807) is 6.20 Å². The maximum Gasteiger partial charge on any atom is 0.317 e. The van der Waals surface area contributed by atoms with Gasteiger partial charge in [0.1, 0.15) is 0 Å². The molecule has 2 aromatic heterocycles. The van der Waals surface area contributed by atoms with Gasteiger partial charge in [-0.15, -0.1) is 0 Å². The van der Waals surface area contributed by atoms with Crippen molar-refractivity contribution in [2.45, 2.75) is 19.9 Å². The molecule has 0 bridgehead atoms. The van der Waals surface area contributed by atoms with Crippen LogP contribution in [0.3, 0.4) is 0 Å². The van der Waals surface area contributed by atoms with Gasteiger partial charge in [0.05, 0.1) is 0 Å². The number of carbonyl (C=O) groups excluding carboxylic acids is 1. The van der Waals surface area contributed by atoms with E-state index in [2.05, 4.69) is 15.3 Å². The summed E-state index contributed by atoms with van der Waals surface area (Å²) in [6, 6.07) is 4.39. The molecule has 112 valence electrons. The summed E-state index contributed by atoms with van der Waals surface area (Å²) in [6.45, 7) is 6.64. The van der Waals surface area contributed by atoms with Crippen LogP contribution in [0.4, 0.5) is 10.8 Å². The molecule has 1 N–H and O–H groups in total. The van der Waals surface area contributed by atoms with E-state index in [0.717, 1.165) is 0 Å². The highest BCUT2D eigenvalue weighted by Crippen LogP contribution is 2.21. The third-order valence-electron chi connectivity index (χ3n) is 3.40. The van der Waals surface area contributed by atoms with E-state index < -0.39 is 0 Å². The Labute approximate surface area is 122 Å². The predicted octanol–water partition coefficient (Wildman–Crippen LogP) is 1.46. The smallest absolute Gasteiger partial charge is 0.317 e. The number of nitrogens with one attached hydrogen (secondary N) is 1. The number of rotatable bonds is 2. The summed E-state index contributed by atoms with van der Waals surface area (Å²) in [7, 11) is 0. The van der Waals surface area contributed by atoms with Crippen LogP contribution >= 0.6 is 0 Å². The van der Waals surface area contributed by atoms with E-state index >= 15 is 0 Å². The second kappa shape index (κ2) is 5.59. The van der Waals surface area contributed by atoms with Crippen LogP contribution in [-0.2, 0) is 0 Å². The fourth-order valence-electron chi connectivity index (χ4n) is 2.33. The lowest BCUT2D eigenvalue weighted by molar-refractivity contribution is 0.191. The normalized spacial score (nSPS) is 15.8. The zero-order valence-electron chi connectivity index (χ0n) is 12.2. The number of fused-ring (bicyclic) bond motifs is 1. The maximum absolute atomic E-state index is 11.9. The largest absolute Gasteiger partial charge is 0.422 e. The number of amides is 2. The van der Waals surface area contributed by atoms with Crippen molar-refractivity contribution in [2.24, 2.45) is 0 Å². The van der Waals surface area contributed by atoms with Crippen LogP contribution in [0.5, 0.6) is 0 Å². The molecule has 3 rings (SSSR count). The minimum absolute atomic E-state index is 0.0103. The van der Waals surface area contributed by atoms with Crippen LogP contribution in [0.25, 0.3) is 11.2 Å². The molecule has 0 unspecified atom stereocenters. The van der Waals surface area contributed by atoms with E-state index in [4.69, 9.17) is 4.42 Å². The number of hydrogen-bond acceptors (Lipinski definition) is 5. The van der Waals surface area contributed by atoms with Crippen LogP contribution in [0.15, 0.2) is 22.7 Å². The first kappa shape index (κ1) is 13.7. The van der Waals surface area contributed by atoms with E-state index in [1.807, 2.05) is 35.8 Å². The van der Waals surface area contributed by atoms with Crippen molar-refractivity contribution in [3.63, 3.8) is 0 Å². The Kier molecular flexibility index (Phi) is 3.64. The van der Waals surface area contributed by atoms with Crippen LogP contribution in [0.2, 0.25) is 0 Å². The summed E-state index contributed by atoms with van der Waals surface area (Å²) in [5, 5.41) is 2.91. The van der Waals surface area contributed by atoms with Crippen molar-refractivity contribution in [3.8, 4) is 0 Å². The van der Waals surface area contributed by atoms with Crippen LogP contribution in [-0.4, -0.2) is 53.1 Å². The van der Waals surface area contributed by atoms with E-state index in [1.165, 1.54) is 0 Å². The molecule has 21 heavy (non-hydrogen) atoms. The zero-order chi connectivity index (χ0) is 14.8. The highest BCUT2D eigenvalue weighted by Gasteiger charge is 2.24. The second-order valence-corrected chi connectivity index (χ2v) is 5.40. The van der Waals surface area contributed by atoms with Gasteiger partial charge in [-0.1, -0.05) is 0 Å². The van der Waals surface area contributed by atoms with Gasteiger partial charge in [-0.25, -0.2) is 9.78 Å². The lowest BCUT2D eigenvalue weighted by atomic mass is 10.3. The van der Waals surface area contributed by atoms with Crippen LogP contribution < -0.4 is 10.2 Å². The molecule has 0 radical (unpaired) electrons. The minimum atomic E-state index is -0.0103. The molecule has 2 amide bonds. The summed E-state index contributed by atoms with van der Waals surface area (Å²) in [5.74, 6) is 0. The molecule has 1 aliphatic rings. The molecule has 1 saturated heterocycles. The van der Waals surface area contributed by atoms with E-state index in [-0.39, 0.29) is 12.1 Å². The maximum atomic E-state index is 11.9. The molecule has 0 spiro atoms. The van der Waals surface area contributed by atoms with Crippen LogP contribution in [0.1, 0.15) is 13.8 Å². The SMILES string of the molecule is CC(C)NC(=O)N1CCN(c2nc3ncccc3o2)CC1. The summed E-state index contributed by atoms with van der Waals surface area (Å²) in [5.41, 5.74) is 1.31. The average Bonchev–Trinajstić information content (AvgIpc) is 2.90. The number of anilines is 1. The van der Waals surface area contributed by atoms with Crippen molar-refractivity contribution in [1.29, 1.82) is 0 Å². The van der Waals surface area contributed by atoms with Gasteiger partial charge in [0.2, 0.25) is 5.65 Å². The minimum Gasteiger partial charge on any atom is -0.422 e. The van der Waals surface area contributed by atoms with Gasteiger partial charge in [0, 0.05) is 38.4 Å². The fourth-order valence-corrected chi connectivity index (χ4v) is 2.33. The molecule has 0 atom stereocenters. The molecule has 3 heterocycles. The van der Waals surface area contributed by atoms with Crippen molar-refractivity contribution in [3.05, 3.63) is 18.3 Å². The number of urea groups is 1. The third kappa shape index (κ3) is 2.91. The molecule has 7 heteroatoms. The Morgan fingerprint density at radius 2 is 2.10 bits per heavy atom. The Hall–Kier alpha value is -2.31. The monoisotopic (exact) mass is 289 g/mol. The molecule has 2 aromatic rings. The van der Waals surface area contributed by atoms with E-state index in [9.17, 15) is 4.79 Å². The third-order valence-corrected chi connectivity index (χ3v) is 3.40. The van der Waals surface area contributed by atoms with Crippen molar-refractivity contribution in [1.82, 2.24) is 20.2 Å². The van der Waals surface area contributed by atoms with Crippen molar-refractivity contribution >= 4 is 23.3 Å². The number of carbonyl (C=O) groups is 1. The Morgan fingerprint density at radius 1 is 1.33 bits per heavy atom. The van der Waals surface area contributed by atoms with E-state index in [0.29, 0.717) is 43.4 Å². The van der Waals surface area contributed by atoms with Gasteiger partial charge < -0.3 is 19.5 Å². The average molecular weight is 289 g/mol. The summed E-state index contributed by atoms with van der Waals surface area (Å²) in [4.78, 5) is 24.3. The molecule has 1 aliphatic heterocycles. The quantitative estimate of drug-likeness (QED) is 0.906. The lowest BCUT2D eigenvalue weighted by Crippen LogP contribution is -2.53. The van der Waals surface area contributed by atoms with Crippen LogP contribution in [0, 0.1) is 0 Å². The molecule has 7 nitrogen and oxygen atoms in total. The van der Waals surface area contributed by atoms with Gasteiger partial charge in [-0.3, -0.25) is 0 Å². The molecule has 0 aromatic carbocycles. The number of pyridine rings is 1. The summed E-state index contributed by atoms with van der Waals surface area (Å²) >= 11 is 0. The zero-order valence-corrected chi connectivity index (χ0v) is 12.2. The molecule has 1 fully saturated rings. The molecule has 0 saturated carbocycles. The van der Waals surface area contributed by atoms with Crippen molar-refractivity contribution < 1.29 is 9.21 Å². The van der Waals surface area contributed by atoms with Gasteiger partial charge >= 0.3 is 6.03 Å². The highest BCUT2D eigenvalue weighted by atomic mass is 16.4. The first-order valence-corrected chi connectivity index (χ1v) is 7.15. The second-order valence-electron chi connectivity index (χ2n) is 5.40. The summed E-state index contributed by atoms with van der Waals surface area (Å²) < 4.78 is 5.70. The van der Waals surface area contributed by atoms with Gasteiger partial charge in [-0.2, -0.15) is 4.98 Å². The van der Waals surface area contributed by atoms with Gasteiger partial charge in [0.25, 0.3) is 6.01 Å². The Morgan fingerprint density at radius 3 is 2.76 bits per heavy atom. The topological polar surface area (TPSA) is 74.5 Å². The van der Waals surface area contributed by atoms with Crippen molar-refractivity contribution in [2.75, 3.05) is 31.1 Å². The van der Waals surface area contributed by atoms with Gasteiger partial charge in [-0.05, 0) is 26.0 Å². The number of aromatic nitrogens is 2. The Bertz CT molecular complexity index is 598. The van der Waals surface area contributed by atoms with Gasteiger partial charge in [0.15, 0.2) is 5.58 Å². The Balaban J connectivity index is 1.64. The fraction of sp³-hybridized carbons (Fsp3) is 0.500. The molecule has 0 aliphatic carbocycles.